The number of tetrazole rings is 1. The van der Waals surface area contributed by atoms with Crippen LogP contribution < -0.4 is 5.56 Å². The van der Waals surface area contributed by atoms with Crippen LogP contribution in [0.5, 0.6) is 0 Å². The number of pyridine rings is 1. The molecule has 3 heterocycles. The lowest BCUT2D eigenvalue weighted by molar-refractivity contribution is 0.606. The van der Waals surface area contributed by atoms with Crippen molar-refractivity contribution in [1.82, 2.24) is 35.2 Å². The summed E-state index contributed by atoms with van der Waals surface area (Å²) in [6.45, 7) is 0.548. The predicted molar refractivity (Wildman–Crippen MR) is 66.3 cm³/mol. The number of hydrogen-bond donors (Lipinski definition) is 1. The zero-order chi connectivity index (χ0) is 13.1. The molecule has 8 heteroatoms. The monoisotopic (exact) mass is 257 g/mol. The molecule has 0 fully saturated rings. The van der Waals surface area contributed by atoms with Gasteiger partial charge in [-0.05, 0) is 18.6 Å². The lowest BCUT2D eigenvalue weighted by Crippen LogP contribution is -2.21. The molecule has 0 unspecified atom stereocenters. The molecule has 96 valence electrons. The first-order valence-electron chi connectivity index (χ1n) is 5.87. The summed E-state index contributed by atoms with van der Waals surface area (Å²) in [7, 11) is 0. The van der Waals surface area contributed by atoms with Crippen LogP contribution in [0.1, 0.15) is 12.2 Å². The average molecular weight is 257 g/mol. The third-order valence-electron chi connectivity index (χ3n) is 2.77. The molecule has 0 spiro atoms. The summed E-state index contributed by atoms with van der Waals surface area (Å²) in [4.78, 5) is 20.4. The van der Waals surface area contributed by atoms with Crippen molar-refractivity contribution in [2.45, 2.75) is 19.4 Å². The van der Waals surface area contributed by atoms with Crippen molar-refractivity contribution in [1.29, 1.82) is 0 Å². The van der Waals surface area contributed by atoms with Gasteiger partial charge in [0, 0.05) is 19.2 Å². The molecule has 0 atom stereocenters. The Kier molecular flexibility index (Phi) is 2.97. The predicted octanol–water partition coefficient (Wildman–Crippen LogP) is -0.0626. The van der Waals surface area contributed by atoms with Gasteiger partial charge in [0.1, 0.15) is 0 Å². The van der Waals surface area contributed by atoms with E-state index in [-0.39, 0.29) is 5.56 Å². The lowest BCUT2D eigenvalue weighted by atomic mass is 10.3. The molecule has 0 aliphatic heterocycles. The third kappa shape index (κ3) is 2.32. The van der Waals surface area contributed by atoms with Crippen molar-refractivity contribution in [2.24, 2.45) is 0 Å². The molecular formula is C11H11N7O. The van der Waals surface area contributed by atoms with Gasteiger partial charge in [-0.15, -0.1) is 10.2 Å². The smallest absolute Gasteiger partial charge is 0.279 e. The molecule has 1 N–H and O–H groups in total. The van der Waals surface area contributed by atoms with E-state index in [9.17, 15) is 4.79 Å². The van der Waals surface area contributed by atoms with Gasteiger partial charge in [0.15, 0.2) is 11.3 Å². The van der Waals surface area contributed by atoms with Crippen LogP contribution in [0.3, 0.4) is 0 Å². The topological polar surface area (TPSA) is 102 Å². The maximum absolute atomic E-state index is 12.1. The van der Waals surface area contributed by atoms with Crippen LogP contribution in [-0.2, 0) is 13.0 Å². The van der Waals surface area contributed by atoms with E-state index >= 15 is 0 Å². The number of aromatic nitrogens is 7. The summed E-state index contributed by atoms with van der Waals surface area (Å²) in [6.07, 6.45) is 4.53. The Hall–Kier alpha value is -2.64. The second-order valence-electron chi connectivity index (χ2n) is 4.05. The van der Waals surface area contributed by atoms with Crippen LogP contribution in [0.25, 0.3) is 11.0 Å². The molecule has 0 saturated carbocycles. The van der Waals surface area contributed by atoms with Gasteiger partial charge in [0.2, 0.25) is 0 Å². The quantitative estimate of drug-likeness (QED) is 0.702. The first kappa shape index (κ1) is 11.5. The Morgan fingerprint density at radius 2 is 2.26 bits per heavy atom. The molecule has 0 aliphatic carbocycles. The Labute approximate surface area is 107 Å². The van der Waals surface area contributed by atoms with Gasteiger partial charge in [-0.3, -0.25) is 9.36 Å². The van der Waals surface area contributed by atoms with Gasteiger partial charge in [-0.1, -0.05) is 5.21 Å². The zero-order valence-corrected chi connectivity index (χ0v) is 10.0. The maximum Gasteiger partial charge on any atom is 0.279 e. The minimum absolute atomic E-state index is 0.126. The van der Waals surface area contributed by atoms with Gasteiger partial charge in [0.05, 0.1) is 11.8 Å². The van der Waals surface area contributed by atoms with Crippen molar-refractivity contribution in [3.05, 3.63) is 40.8 Å². The van der Waals surface area contributed by atoms with E-state index in [0.717, 1.165) is 6.42 Å². The second-order valence-corrected chi connectivity index (χ2v) is 4.05. The van der Waals surface area contributed by atoms with E-state index in [4.69, 9.17) is 0 Å². The van der Waals surface area contributed by atoms with Gasteiger partial charge in [-0.2, -0.15) is 5.21 Å². The molecular weight excluding hydrogens is 246 g/mol. The van der Waals surface area contributed by atoms with Crippen molar-refractivity contribution >= 4 is 11.0 Å². The Morgan fingerprint density at radius 3 is 3.11 bits per heavy atom. The molecule has 3 aromatic rings. The van der Waals surface area contributed by atoms with E-state index < -0.39 is 0 Å². The largest absolute Gasteiger partial charge is 0.297 e. The van der Waals surface area contributed by atoms with Crippen molar-refractivity contribution < 1.29 is 0 Å². The number of aromatic amines is 1. The molecule has 8 nitrogen and oxygen atoms in total. The standard InChI is InChI=1S/C11H11N7O/c19-11-10-8(3-1-5-12-10)13-7-18(11)6-2-4-9-14-16-17-15-9/h1,3,5,7H,2,4,6H2,(H,14,15,16,17). The Bertz CT molecular complexity index is 734. The first-order chi connectivity index (χ1) is 9.34. The van der Waals surface area contributed by atoms with Crippen LogP contribution >= 0.6 is 0 Å². The molecule has 3 aromatic heterocycles. The molecule has 19 heavy (non-hydrogen) atoms. The number of H-pyrrole nitrogens is 1. The fraction of sp³-hybridized carbons (Fsp3) is 0.273. The molecule has 0 radical (unpaired) electrons. The molecule has 0 saturated heterocycles. The molecule has 0 amide bonds. The van der Waals surface area contributed by atoms with Gasteiger partial charge in [0.25, 0.3) is 5.56 Å². The fourth-order valence-corrected chi connectivity index (χ4v) is 1.84. The summed E-state index contributed by atoms with van der Waals surface area (Å²) in [5.41, 5.74) is 0.880. The van der Waals surface area contributed by atoms with Crippen LogP contribution in [-0.4, -0.2) is 35.2 Å². The highest BCUT2D eigenvalue weighted by Crippen LogP contribution is 2.02. The molecule has 0 aromatic carbocycles. The summed E-state index contributed by atoms with van der Waals surface area (Å²) in [5.74, 6) is 0.639. The SMILES string of the molecule is O=c1c2ncccc2ncn1CCCc1nn[nH]n1. The normalized spacial score (nSPS) is 10.9. The highest BCUT2D eigenvalue weighted by molar-refractivity contribution is 5.71. The van der Waals surface area contributed by atoms with Gasteiger partial charge >= 0.3 is 0 Å². The number of nitrogens with one attached hydrogen (secondary N) is 1. The minimum atomic E-state index is -0.126. The Morgan fingerprint density at radius 1 is 1.32 bits per heavy atom. The summed E-state index contributed by atoms with van der Waals surface area (Å²) < 4.78 is 1.55. The van der Waals surface area contributed by atoms with Crippen LogP contribution in [0.2, 0.25) is 0 Å². The zero-order valence-electron chi connectivity index (χ0n) is 10.0. The second kappa shape index (κ2) is 4.92. The summed E-state index contributed by atoms with van der Waals surface area (Å²) in [5, 5.41) is 13.6. The van der Waals surface area contributed by atoms with E-state index in [1.54, 1.807) is 29.2 Å². The molecule has 3 rings (SSSR count). The average Bonchev–Trinajstić information content (AvgIpc) is 2.95. The van der Waals surface area contributed by atoms with Gasteiger partial charge < -0.3 is 0 Å². The fourth-order valence-electron chi connectivity index (χ4n) is 1.84. The number of hydrogen-bond acceptors (Lipinski definition) is 6. The van der Waals surface area contributed by atoms with E-state index in [2.05, 4.69) is 30.6 Å². The minimum Gasteiger partial charge on any atom is -0.297 e. The Balaban J connectivity index is 1.78. The molecule has 0 bridgehead atoms. The lowest BCUT2D eigenvalue weighted by Gasteiger charge is -2.04. The van der Waals surface area contributed by atoms with E-state index in [0.29, 0.717) is 29.8 Å². The maximum atomic E-state index is 12.1. The number of nitrogens with zero attached hydrogens (tertiary/aromatic N) is 6. The molecule has 0 aliphatic rings. The highest BCUT2D eigenvalue weighted by atomic mass is 16.1. The van der Waals surface area contributed by atoms with E-state index in [1.807, 2.05) is 0 Å². The van der Waals surface area contributed by atoms with Crippen LogP contribution in [0, 0.1) is 0 Å². The summed E-state index contributed by atoms with van der Waals surface area (Å²) >= 11 is 0. The van der Waals surface area contributed by atoms with Crippen LogP contribution in [0.4, 0.5) is 0 Å². The van der Waals surface area contributed by atoms with Crippen LogP contribution in [0.15, 0.2) is 29.5 Å². The van der Waals surface area contributed by atoms with Gasteiger partial charge in [-0.25, -0.2) is 9.97 Å². The summed E-state index contributed by atoms with van der Waals surface area (Å²) in [6, 6.07) is 3.53. The van der Waals surface area contributed by atoms with Crippen molar-refractivity contribution in [3.63, 3.8) is 0 Å². The first-order valence-corrected chi connectivity index (χ1v) is 5.87. The highest BCUT2D eigenvalue weighted by Gasteiger charge is 2.05. The van der Waals surface area contributed by atoms with Crippen molar-refractivity contribution in [3.8, 4) is 0 Å². The van der Waals surface area contributed by atoms with E-state index in [1.165, 1.54) is 0 Å². The van der Waals surface area contributed by atoms with Crippen molar-refractivity contribution in [2.75, 3.05) is 0 Å². The number of aryl methyl sites for hydroxylation is 2. The number of fused-ring (bicyclic) bond motifs is 1. The third-order valence-corrected chi connectivity index (χ3v) is 2.77. The number of rotatable bonds is 4.